The molecule has 2 heterocycles. The summed E-state index contributed by atoms with van der Waals surface area (Å²) in [6.45, 7) is 0.547. The second kappa shape index (κ2) is 9.92. The zero-order valence-corrected chi connectivity index (χ0v) is 16.7. The van der Waals surface area contributed by atoms with Crippen molar-refractivity contribution in [1.29, 1.82) is 0 Å². The number of nitrogens with two attached hydrogens (primary N) is 1. The van der Waals surface area contributed by atoms with E-state index < -0.39 is 60.2 Å². The van der Waals surface area contributed by atoms with Crippen LogP contribution in [0.2, 0.25) is 0 Å². The summed E-state index contributed by atoms with van der Waals surface area (Å²) in [5.41, 5.74) is 5.63. The smallest absolute Gasteiger partial charge is 0.326 e. The molecule has 0 saturated carbocycles. The first-order valence-electron chi connectivity index (χ1n) is 9.39. The molecule has 29 heavy (non-hydrogen) atoms. The topological polar surface area (TPSA) is 170 Å². The maximum absolute atomic E-state index is 12.7. The van der Waals surface area contributed by atoms with E-state index in [4.69, 9.17) is 10.8 Å². The first-order valence-corrected chi connectivity index (χ1v) is 10.0. The van der Waals surface area contributed by atoms with Crippen LogP contribution in [-0.2, 0) is 24.0 Å². The average Bonchev–Trinajstić information content (AvgIpc) is 3.33. The molecule has 2 aliphatic heterocycles. The number of hydrogen-bond acceptors (Lipinski definition) is 7. The monoisotopic (exact) mass is 430 g/mol. The molecule has 2 rings (SSSR count). The van der Waals surface area contributed by atoms with Gasteiger partial charge >= 0.3 is 11.9 Å². The minimum absolute atomic E-state index is 0.0351. The van der Waals surface area contributed by atoms with E-state index in [1.54, 1.807) is 0 Å². The number of aliphatic carboxylic acids is 2. The molecule has 12 heteroatoms. The Morgan fingerprint density at radius 3 is 2.07 bits per heavy atom. The molecule has 0 aliphatic carbocycles. The lowest BCUT2D eigenvalue weighted by atomic mass is 10.1. The van der Waals surface area contributed by atoms with E-state index in [0.29, 0.717) is 25.7 Å². The molecular weight excluding hydrogens is 404 g/mol. The lowest BCUT2D eigenvalue weighted by molar-refractivity contribution is -0.149. The van der Waals surface area contributed by atoms with Crippen LogP contribution < -0.4 is 11.1 Å². The van der Waals surface area contributed by atoms with Gasteiger partial charge in [0.05, 0.1) is 12.5 Å². The molecular formula is C17H26N4O7S. The minimum atomic E-state index is -1.26. The summed E-state index contributed by atoms with van der Waals surface area (Å²) in [7, 11) is 0. The summed E-state index contributed by atoms with van der Waals surface area (Å²) in [5.74, 6) is -4.09. The fourth-order valence-corrected chi connectivity index (χ4v) is 3.98. The van der Waals surface area contributed by atoms with Gasteiger partial charge in [0.15, 0.2) is 0 Å². The SMILES string of the molecule is NC(CC(=O)O)C(=O)N1CCCC1C(=O)NC(CS)C(=O)N1CCCC1C(=O)O. The highest BCUT2D eigenvalue weighted by Crippen LogP contribution is 2.21. The number of nitrogens with zero attached hydrogens (tertiary/aromatic N) is 2. The van der Waals surface area contributed by atoms with Gasteiger partial charge in [-0.1, -0.05) is 0 Å². The molecule has 2 aliphatic rings. The highest BCUT2D eigenvalue weighted by atomic mass is 32.1. The standard InChI is InChI=1S/C17H26N4O7S/c18-9(7-13(22)23)15(25)20-5-1-3-11(20)14(24)19-10(8-29)16(26)21-6-2-4-12(21)17(27)28/h9-12,29H,1-8,18H2,(H,19,24)(H,22,23)(H,27,28). The molecule has 2 fully saturated rings. The van der Waals surface area contributed by atoms with Crippen molar-refractivity contribution in [3.8, 4) is 0 Å². The van der Waals surface area contributed by atoms with Gasteiger partial charge in [-0.25, -0.2) is 4.79 Å². The average molecular weight is 430 g/mol. The fraction of sp³-hybridized carbons (Fsp3) is 0.706. The third kappa shape index (κ3) is 5.38. The third-order valence-electron chi connectivity index (χ3n) is 5.17. The number of carboxylic acids is 2. The predicted octanol–water partition coefficient (Wildman–Crippen LogP) is -1.73. The molecule has 2 saturated heterocycles. The van der Waals surface area contributed by atoms with E-state index in [-0.39, 0.29) is 18.8 Å². The molecule has 5 N–H and O–H groups in total. The summed E-state index contributed by atoms with van der Waals surface area (Å²) in [6.07, 6.45) is 1.25. The van der Waals surface area contributed by atoms with Gasteiger partial charge in [-0.05, 0) is 25.7 Å². The summed E-state index contributed by atoms with van der Waals surface area (Å²) < 4.78 is 0. The highest BCUT2D eigenvalue weighted by Gasteiger charge is 2.40. The summed E-state index contributed by atoms with van der Waals surface area (Å²) >= 11 is 4.10. The number of amides is 3. The van der Waals surface area contributed by atoms with E-state index in [1.165, 1.54) is 9.80 Å². The normalized spacial score (nSPS) is 23.5. The lowest BCUT2D eigenvalue weighted by Gasteiger charge is -2.30. The van der Waals surface area contributed by atoms with Crippen molar-refractivity contribution in [2.45, 2.75) is 56.3 Å². The molecule has 11 nitrogen and oxygen atoms in total. The zero-order valence-electron chi connectivity index (χ0n) is 15.8. The van der Waals surface area contributed by atoms with E-state index in [9.17, 15) is 29.1 Å². The number of carbonyl (C=O) groups is 5. The molecule has 0 aromatic rings. The van der Waals surface area contributed by atoms with Crippen LogP contribution in [0.15, 0.2) is 0 Å². The molecule has 0 bridgehead atoms. The third-order valence-corrected chi connectivity index (χ3v) is 5.53. The minimum Gasteiger partial charge on any atom is -0.481 e. The number of nitrogens with one attached hydrogen (secondary N) is 1. The van der Waals surface area contributed by atoms with Crippen LogP contribution in [0.5, 0.6) is 0 Å². The number of hydrogen-bond donors (Lipinski definition) is 5. The first kappa shape index (κ1) is 22.9. The summed E-state index contributed by atoms with van der Waals surface area (Å²) in [4.78, 5) is 62.4. The number of carboxylic acid groups (broad SMARTS) is 2. The van der Waals surface area contributed by atoms with Crippen molar-refractivity contribution in [2.75, 3.05) is 18.8 Å². The van der Waals surface area contributed by atoms with Crippen LogP contribution in [0.4, 0.5) is 0 Å². The number of carbonyl (C=O) groups excluding carboxylic acids is 3. The highest BCUT2D eigenvalue weighted by molar-refractivity contribution is 7.80. The Balaban J connectivity index is 2.04. The van der Waals surface area contributed by atoms with Gasteiger partial charge in [-0.2, -0.15) is 12.6 Å². The van der Waals surface area contributed by atoms with Gasteiger partial charge in [0, 0.05) is 18.8 Å². The zero-order chi connectivity index (χ0) is 21.7. The molecule has 4 atom stereocenters. The van der Waals surface area contributed by atoms with Gasteiger partial charge in [0.1, 0.15) is 18.1 Å². The summed E-state index contributed by atoms with van der Waals surface area (Å²) in [5, 5.41) is 20.6. The number of rotatable bonds is 8. The Morgan fingerprint density at radius 1 is 1.00 bits per heavy atom. The molecule has 0 radical (unpaired) electrons. The maximum atomic E-state index is 12.7. The Bertz CT molecular complexity index is 689. The van der Waals surface area contributed by atoms with Crippen LogP contribution in [0.3, 0.4) is 0 Å². The van der Waals surface area contributed by atoms with E-state index in [1.807, 2.05) is 0 Å². The van der Waals surface area contributed by atoms with E-state index in [0.717, 1.165) is 0 Å². The first-order chi connectivity index (χ1) is 13.7. The van der Waals surface area contributed by atoms with Crippen molar-refractivity contribution < 1.29 is 34.2 Å². The van der Waals surface area contributed by atoms with Crippen LogP contribution in [0, 0.1) is 0 Å². The van der Waals surface area contributed by atoms with Crippen molar-refractivity contribution in [3.63, 3.8) is 0 Å². The molecule has 4 unspecified atom stereocenters. The van der Waals surface area contributed by atoms with Crippen LogP contribution in [-0.4, -0.2) is 92.7 Å². The Labute approximate surface area is 173 Å². The van der Waals surface area contributed by atoms with Gasteiger partial charge in [0.2, 0.25) is 17.7 Å². The number of likely N-dealkylation sites (tertiary alicyclic amines) is 2. The van der Waals surface area contributed by atoms with Crippen molar-refractivity contribution in [2.24, 2.45) is 5.73 Å². The van der Waals surface area contributed by atoms with Crippen LogP contribution >= 0.6 is 12.6 Å². The van der Waals surface area contributed by atoms with E-state index >= 15 is 0 Å². The Morgan fingerprint density at radius 2 is 1.55 bits per heavy atom. The van der Waals surface area contributed by atoms with Crippen LogP contribution in [0.25, 0.3) is 0 Å². The molecule has 3 amide bonds. The molecule has 0 aromatic heterocycles. The quantitative estimate of drug-likeness (QED) is 0.283. The molecule has 0 spiro atoms. The van der Waals surface area contributed by atoms with Crippen LogP contribution in [0.1, 0.15) is 32.1 Å². The lowest BCUT2D eigenvalue weighted by Crippen LogP contribution is -2.57. The summed E-state index contributed by atoms with van der Waals surface area (Å²) in [6, 6.07) is -4.09. The van der Waals surface area contributed by atoms with Gasteiger partial charge in [0.25, 0.3) is 0 Å². The van der Waals surface area contributed by atoms with Crippen molar-refractivity contribution in [1.82, 2.24) is 15.1 Å². The maximum Gasteiger partial charge on any atom is 0.326 e. The van der Waals surface area contributed by atoms with Gasteiger partial charge in [-0.15, -0.1) is 0 Å². The number of thiol groups is 1. The second-order valence-corrected chi connectivity index (χ2v) is 7.53. The second-order valence-electron chi connectivity index (χ2n) is 7.17. The van der Waals surface area contributed by atoms with Gasteiger partial charge in [-0.3, -0.25) is 19.2 Å². The Hall–Kier alpha value is -2.34. The largest absolute Gasteiger partial charge is 0.481 e. The molecule has 162 valence electrons. The fourth-order valence-electron chi connectivity index (χ4n) is 3.73. The van der Waals surface area contributed by atoms with Crippen molar-refractivity contribution >= 4 is 42.3 Å². The van der Waals surface area contributed by atoms with E-state index in [2.05, 4.69) is 17.9 Å². The van der Waals surface area contributed by atoms with Crippen molar-refractivity contribution in [3.05, 3.63) is 0 Å². The Kier molecular flexibility index (Phi) is 7.85. The molecule has 0 aromatic carbocycles. The predicted molar refractivity (Wildman–Crippen MR) is 103 cm³/mol. The van der Waals surface area contributed by atoms with Gasteiger partial charge < -0.3 is 31.1 Å².